The predicted molar refractivity (Wildman–Crippen MR) is 115 cm³/mol. The van der Waals surface area contributed by atoms with E-state index in [2.05, 4.69) is 14.7 Å². The second-order valence-corrected chi connectivity index (χ2v) is 9.52. The van der Waals surface area contributed by atoms with Crippen LogP contribution >= 0.6 is 0 Å². The lowest BCUT2D eigenvalue weighted by atomic mass is 10.0. The number of halogens is 4. The summed E-state index contributed by atoms with van der Waals surface area (Å²) in [5.41, 5.74) is 1.09. The van der Waals surface area contributed by atoms with Crippen LogP contribution in [0.15, 0.2) is 77.0 Å². The molecule has 0 fully saturated rings. The molecule has 4 rings (SSSR count). The average molecular weight is 507 g/mol. The van der Waals surface area contributed by atoms with Crippen LogP contribution in [0.4, 0.5) is 17.6 Å². The maximum atomic E-state index is 13.9. The van der Waals surface area contributed by atoms with Crippen LogP contribution in [-0.2, 0) is 16.3 Å². The largest absolute Gasteiger partial charge is 0.484 e. The molecule has 0 N–H and O–H groups in total. The molecule has 0 aliphatic heterocycles. The number of hydrogen-bond donors (Lipinski definition) is 0. The molecular weight excluding hydrogens is 490 g/mol. The second kappa shape index (κ2) is 9.45. The van der Waals surface area contributed by atoms with Crippen molar-refractivity contribution in [2.45, 2.75) is 28.8 Å². The van der Waals surface area contributed by atoms with E-state index in [9.17, 15) is 30.8 Å². The van der Waals surface area contributed by atoms with Gasteiger partial charge in [0.15, 0.2) is 12.4 Å². The summed E-state index contributed by atoms with van der Waals surface area (Å²) in [5.74, 6) is -1.30. The number of aromatic nitrogens is 3. The SMILES string of the molecule is O=C(CCc1ccc(S(=O)(=O)c2cc(F)cc(OCC(F)(F)F)c2)cc1)c1cnc2nccn2c1. The molecule has 2 aromatic carbocycles. The first-order valence-corrected chi connectivity index (χ1v) is 11.7. The predicted octanol–water partition coefficient (Wildman–Crippen LogP) is 4.46. The highest BCUT2D eigenvalue weighted by Gasteiger charge is 2.29. The molecule has 0 amide bonds. The number of ketones is 1. The average Bonchev–Trinajstić information content (AvgIpc) is 3.29. The van der Waals surface area contributed by atoms with Crippen LogP contribution in [0, 0.1) is 5.82 Å². The molecule has 2 heterocycles. The topological polar surface area (TPSA) is 90.6 Å². The number of Topliss-reactive ketones (excluding diaryl/α,β-unsaturated/α-hetero) is 1. The number of ether oxygens (including phenoxy) is 1. The highest BCUT2D eigenvalue weighted by atomic mass is 32.2. The molecule has 0 radical (unpaired) electrons. The molecule has 0 atom stereocenters. The number of sulfone groups is 1. The molecule has 0 unspecified atom stereocenters. The Morgan fingerprint density at radius 3 is 2.49 bits per heavy atom. The number of rotatable bonds is 8. The highest BCUT2D eigenvalue weighted by molar-refractivity contribution is 7.91. The van der Waals surface area contributed by atoms with Gasteiger partial charge in [-0.25, -0.2) is 22.8 Å². The van der Waals surface area contributed by atoms with E-state index in [1.807, 2.05) is 0 Å². The van der Waals surface area contributed by atoms with Crippen molar-refractivity contribution in [3.63, 3.8) is 0 Å². The minimum Gasteiger partial charge on any atom is -0.484 e. The lowest BCUT2D eigenvalue weighted by molar-refractivity contribution is -0.153. The second-order valence-electron chi connectivity index (χ2n) is 7.57. The Morgan fingerprint density at radius 2 is 1.77 bits per heavy atom. The van der Waals surface area contributed by atoms with Gasteiger partial charge in [0.25, 0.3) is 0 Å². The Balaban J connectivity index is 1.45. The molecule has 0 saturated heterocycles. The fraction of sp³-hybridized carbons (Fsp3) is 0.174. The molecule has 0 bridgehead atoms. The van der Waals surface area contributed by atoms with Crippen LogP contribution < -0.4 is 4.74 Å². The smallest absolute Gasteiger partial charge is 0.422 e. The van der Waals surface area contributed by atoms with Crippen molar-refractivity contribution in [3.05, 3.63) is 84.2 Å². The van der Waals surface area contributed by atoms with E-state index < -0.39 is 39.1 Å². The molecule has 182 valence electrons. The van der Waals surface area contributed by atoms with E-state index in [4.69, 9.17) is 0 Å². The first-order valence-electron chi connectivity index (χ1n) is 10.2. The highest BCUT2D eigenvalue weighted by Crippen LogP contribution is 2.27. The zero-order valence-electron chi connectivity index (χ0n) is 17.9. The Morgan fingerprint density at radius 1 is 1.03 bits per heavy atom. The number of benzene rings is 2. The van der Waals surface area contributed by atoms with Crippen molar-refractivity contribution >= 4 is 21.4 Å². The van der Waals surface area contributed by atoms with Gasteiger partial charge >= 0.3 is 6.18 Å². The van der Waals surface area contributed by atoms with E-state index >= 15 is 0 Å². The third-order valence-electron chi connectivity index (χ3n) is 5.00. The summed E-state index contributed by atoms with van der Waals surface area (Å²) in [4.78, 5) is 19.9. The molecule has 35 heavy (non-hydrogen) atoms. The van der Waals surface area contributed by atoms with Crippen LogP contribution in [0.2, 0.25) is 0 Å². The van der Waals surface area contributed by atoms with Gasteiger partial charge in [0, 0.05) is 37.3 Å². The van der Waals surface area contributed by atoms with Crippen molar-refractivity contribution in [1.82, 2.24) is 14.4 Å². The molecular formula is C23H17F4N3O4S. The first-order chi connectivity index (χ1) is 16.5. The quantitative estimate of drug-likeness (QED) is 0.258. The van der Waals surface area contributed by atoms with E-state index in [0.29, 0.717) is 35.5 Å². The molecule has 0 aliphatic rings. The van der Waals surface area contributed by atoms with Crippen molar-refractivity contribution in [2.75, 3.05) is 6.61 Å². The van der Waals surface area contributed by atoms with Crippen molar-refractivity contribution in [3.8, 4) is 5.75 Å². The number of nitrogens with zero attached hydrogens (tertiary/aromatic N) is 3. The van der Waals surface area contributed by atoms with Gasteiger partial charge in [-0.05, 0) is 36.2 Å². The number of aryl methyl sites for hydroxylation is 1. The van der Waals surface area contributed by atoms with Crippen LogP contribution in [-0.4, -0.2) is 41.4 Å². The summed E-state index contributed by atoms with van der Waals surface area (Å²) in [6, 6.07) is 7.81. The van der Waals surface area contributed by atoms with Crippen molar-refractivity contribution < 1.29 is 35.5 Å². The Hall–Kier alpha value is -3.80. The lowest BCUT2D eigenvalue weighted by Crippen LogP contribution is -2.19. The van der Waals surface area contributed by atoms with Gasteiger partial charge in [-0.3, -0.25) is 9.20 Å². The molecule has 2 aromatic heterocycles. The number of alkyl halides is 3. The van der Waals surface area contributed by atoms with E-state index in [0.717, 1.165) is 6.07 Å². The number of carbonyl (C=O) groups is 1. The number of carbonyl (C=O) groups excluding carboxylic acids is 1. The van der Waals surface area contributed by atoms with Crippen molar-refractivity contribution in [2.24, 2.45) is 0 Å². The minimum absolute atomic E-state index is 0.151. The molecule has 0 spiro atoms. The minimum atomic E-state index is -4.66. The molecule has 0 saturated carbocycles. The summed E-state index contributed by atoms with van der Waals surface area (Å²) >= 11 is 0. The monoisotopic (exact) mass is 507 g/mol. The van der Waals surface area contributed by atoms with Crippen LogP contribution in [0.1, 0.15) is 22.3 Å². The number of hydrogen-bond acceptors (Lipinski definition) is 6. The Labute approximate surface area is 196 Å². The van der Waals surface area contributed by atoms with Gasteiger partial charge < -0.3 is 4.74 Å². The summed E-state index contributed by atoms with van der Waals surface area (Å²) in [7, 11) is -4.23. The lowest BCUT2D eigenvalue weighted by Gasteiger charge is -2.11. The Kier molecular flexibility index (Phi) is 6.57. The van der Waals surface area contributed by atoms with Gasteiger partial charge in [0.2, 0.25) is 15.6 Å². The van der Waals surface area contributed by atoms with Gasteiger partial charge in [-0.15, -0.1) is 0 Å². The normalized spacial score (nSPS) is 12.1. The number of fused-ring (bicyclic) bond motifs is 1. The van der Waals surface area contributed by atoms with E-state index in [-0.39, 0.29) is 17.1 Å². The van der Waals surface area contributed by atoms with E-state index in [1.165, 1.54) is 30.5 Å². The van der Waals surface area contributed by atoms with Crippen molar-refractivity contribution in [1.29, 1.82) is 0 Å². The van der Waals surface area contributed by atoms with Crippen LogP contribution in [0.3, 0.4) is 0 Å². The fourth-order valence-electron chi connectivity index (χ4n) is 3.27. The van der Waals surface area contributed by atoms with Gasteiger partial charge in [0.05, 0.1) is 15.4 Å². The Bertz CT molecular complexity index is 1480. The summed E-state index contributed by atoms with van der Waals surface area (Å²) in [6.07, 6.45) is 2.11. The maximum Gasteiger partial charge on any atom is 0.422 e. The number of imidazole rings is 1. The maximum absolute atomic E-state index is 13.9. The van der Waals surface area contributed by atoms with Crippen LogP contribution in [0.5, 0.6) is 5.75 Å². The fourth-order valence-corrected chi connectivity index (χ4v) is 4.58. The van der Waals surface area contributed by atoms with E-state index in [1.54, 1.807) is 23.0 Å². The van der Waals surface area contributed by atoms with Crippen LogP contribution in [0.25, 0.3) is 5.78 Å². The third-order valence-corrected chi connectivity index (χ3v) is 6.75. The zero-order valence-corrected chi connectivity index (χ0v) is 18.7. The van der Waals surface area contributed by atoms with Gasteiger partial charge in [-0.1, -0.05) is 12.1 Å². The first kappa shape index (κ1) is 24.3. The molecule has 12 heteroatoms. The zero-order chi connectivity index (χ0) is 25.2. The third kappa shape index (κ3) is 5.83. The molecule has 4 aromatic rings. The van der Waals surface area contributed by atoms with Gasteiger partial charge in [0.1, 0.15) is 11.6 Å². The summed E-state index contributed by atoms with van der Waals surface area (Å²) < 4.78 is 82.8. The molecule has 7 nitrogen and oxygen atoms in total. The van der Waals surface area contributed by atoms with Gasteiger partial charge in [-0.2, -0.15) is 13.2 Å². The molecule has 0 aliphatic carbocycles. The standard InChI is InChI=1S/C23H17F4N3O4S/c24-17-9-18(34-14-23(25,26)27)11-20(10-17)35(32,33)19-4-1-15(2-5-19)3-6-21(31)16-12-29-22-28-7-8-30(22)13-16/h1-2,4-5,7-13H,3,6,14H2. The summed E-state index contributed by atoms with van der Waals surface area (Å²) in [5, 5.41) is 0. The summed E-state index contributed by atoms with van der Waals surface area (Å²) in [6.45, 7) is -1.68.